The summed E-state index contributed by atoms with van der Waals surface area (Å²) >= 11 is 0. The van der Waals surface area contributed by atoms with Crippen molar-refractivity contribution in [3.05, 3.63) is 11.9 Å². The Kier molecular flexibility index (Phi) is 11.9. The molecule has 1 atom stereocenters. The Morgan fingerprint density at radius 3 is 2.56 bits per heavy atom. The lowest BCUT2D eigenvalue weighted by atomic mass is 10.1. The van der Waals surface area contributed by atoms with E-state index in [0.717, 1.165) is 89.8 Å². The number of carbonyl (C=O) groups is 1. The van der Waals surface area contributed by atoms with Crippen molar-refractivity contribution in [1.82, 2.24) is 25.3 Å². The summed E-state index contributed by atoms with van der Waals surface area (Å²) in [6.45, 7) is 23.2. The normalized spacial score (nSPS) is 19.8. The Morgan fingerprint density at radius 1 is 1.18 bits per heavy atom. The van der Waals surface area contributed by atoms with Crippen molar-refractivity contribution in [2.45, 2.75) is 85.9 Å². The van der Waals surface area contributed by atoms with Crippen LogP contribution in [0.15, 0.2) is 11.2 Å². The summed E-state index contributed by atoms with van der Waals surface area (Å²) in [7, 11) is 0. The van der Waals surface area contributed by atoms with E-state index in [9.17, 15) is 4.79 Å². The van der Waals surface area contributed by atoms with Gasteiger partial charge in [-0.05, 0) is 51.9 Å². The largest absolute Gasteiger partial charge is 0.444 e. The van der Waals surface area contributed by atoms with E-state index in [2.05, 4.69) is 59.0 Å². The molecule has 1 aromatic rings. The Labute approximate surface area is 235 Å². The molecule has 0 spiro atoms. The molecule has 2 N–H and O–H groups in total. The van der Waals surface area contributed by atoms with Gasteiger partial charge in [0.15, 0.2) is 11.5 Å². The average Bonchev–Trinajstić information content (AvgIpc) is 3.19. The van der Waals surface area contributed by atoms with E-state index < -0.39 is 5.60 Å². The molecule has 0 aromatic carbocycles. The minimum atomic E-state index is -0.480. The van der Waals surface area contributed by atoms with Gasteiger partial charge in [-0.1, -0.05) is 27.7 Å². The van der Waals surface area contributed by atoms with Crippen LogP contribution < -0.4 is 15.5 Å². The number of carbonyl (C=O) groups excluding carboxylic acids is 1. The van der Waals surface area contributed by atoms with Crippen LogP contribution in [0.5, 0.6) is 0 Å². The van der Waals surface area contributed by atoms with Gasteiger partial charge in [0.1, 0.15) is 5.60 Å². The zero-order chi connectivity index (χ0) is 28.4. The number of ether oxygens (including phenoxy) is 2. The van der Waals surface area contributed by atoms with E-state index >= 15 is 0 Å². The van der Waals surface area contributed by atoms with Crippen LogP contribution >= 0.6 is 0 Å². The minimum absolute atomic E-state index is 0.250. The number of aromatic nitrogens is 2. The van der Waals surface area contributed by atoms with Gasteiger partial charge in [0, 0.05) is 58.1 Å². The van der Waals surface area contributed by atoms with Crippen molar-refractivity contribution in [1.29, 1.82) is 0 Å². The maximum absolute atomic E-state index is 12.0. The predicted octanol–water partition coefficient (Wildman–Crippen LogP) is 3.75. The van der Waals surface area contributed by atoms with Crippen molar-refractivity contribution in [3.8, 4) is 0 Å². The van der Waals surface area contributed by atoms with Crippen LogP contribution in [-0.2, 0) is 16.0 Å². The molecule has 1 saturated heterocycles. The average molecular weight is 548 g/mol. The fourth-order valence-corrected chi connectivity index (χ4v) is 5.00. The molecule has 222 valence electrons. The fraction of sp³-hybridized carbons (Fsp3) is 0.828. The van der Waals surface area contributed by atoms with Crippen molar-refractivity contribution in [3.63, 3.8) is 0 Å². The summed E-state index contributed by atoms with van der Waals surface area (Å²) < 4.78 is 12.9. The number of amides is 1. The molecule has 2 aliphatic rings. The molecule has 3 rings (SSSR count). The van der Waals surface area contributed by atoms with Gasteiger partial charge in [-0.2, -0.15) is 5.10 Å². The van der Waals surface area contributed by atoms with E-state index in [1.54, 1.807) is 0 Å². The van der Waals surface area contributed by atoms with E-state index in [1.165, 1.54) is 5.69 Å². The molecule has 0 bridgehead atoms. The maximum Gasteiger partial charge on any atom is 0.407 e. The second-order valence-electron chi connectivity index (χ2n) is 12.7. The van der Waals surface area contributed by atoms with Crippen LogP contribution in [0.1, 0.15) is 73.4 Å². The number of rotatable bonds is 12. The lowest BCUT2D eigenvalue weighted by Gasteiger charge is -2.28. The van der Waals surface area contributed by atoms with Crippen molar-refractivity contribution in [2.24, 2.45) is 16.8 Å². The van der Waals surface area contributed by atoms with Crippen LogP contribution in [-0.4, -0.2) is 97.3 Å². The molecule has 39 heavy (non-hydrogen) atoms. The lowest BCUT2D eigenvalue weighted by molar-refractivity contribution is 0.0394. The van der Waals surface area contributed by atoms with Crippen LogP contribution in [0, 0.1) is 11.8 Å². The number of anilines is 1. The summed E-state index contributed by atoms with van der Waals surface area (Å²) in [6, 6.07) is 0.250. The Balaban J connectivity index is 1.69. The number of nitrogens with one attached hydrogen (secondary N) is 2. The van der Waals surface area contributed by atoms with Gasteiger partial charge in [0.05, 0.1) is 25.4 Å². The van der Waals surface area contributed by atoms with E-state index in [1.807, 2.05) is 20.8 Å². The molecule has 10 heteroatoms. The third-order valence-corrected chi connectivity index (χ3v) is 6.66. The standard InChI is InChI=1S/C29H53N7O3/c1-22(2)18-35-20-24(10-8-9-11-31-28(37)39-29(5,6)7)32-27(30-12-13-34-14-16-38-17-15-34)26-25(35)21-36(33-26)19-23(3)4/h21-24H,8-20H2,1-7H3,(H,30,32)(H,31,37)/t24-/m0/s1. The van der Waals surface area contributed by atoms with Crippen LogP contribution in [0.2, 0.25) is 0 Å². The van der Waals surface area contributed by atoms with Gasteiger partial charge in [-0.3, -0.25) is 14.6 Å². The highest BCUT2D eigenvalue weighted by Gasteiger charge is 2.29. The SMILES string of the molecule is CC(C)CN1C[C@H](CCCCNC(=O)OC(C)(C)C)NC(=NCCN2CCOCC2)c2nn(CC(C)C)cc21. The molecule has 0 saturated carbocycles. The molecule has 1 fully saturated rings. The topological polar surface area (TPSA) is 96.2 Å². The second-order valence-corrected chi connectivity index (χ2v) is 12.7. The monoisotopic (exact) mass is 547 g/mol. The zero-order valence-corrected chi connectivity index (χ0v) is 25.5. The number of amidine groups is 1. The zero-order valence-electron chi connectivity index (χ0n) is 25.5. The van der Waals surface area contributed by atoms with E-state index in [4.69, 9.17) is 19.6 Å². The van der Waals surface area contributed by atoms with Gasteiger partial charge in [-0.25, -0.2) is 4.79 Å². The Morgan fingerprint density at radius 2 is 1.90 bits per heavy atom. The highest BCUT2D eigenvalue weighted by Crippen LogP contribution is 2.26. The number of fused-ring (bicyclic) bond motifs is 1. The highest BCUT2D eigenvalue weighted by atomic mass is 16.6. The van der Waals surface area contributed by atoms with Crippen LogP contribution in [0.4, 0.5) is 10.5 Å². The van der Waals surface area contributed by atoms with Crippen molar-refractivity contribution in [2.75, 3.05) is 63.9 Å². The number of unbranched alkanes of at least 4 members (excludes halogenated alkanes) is 1. The van der Waals surface area contributed by atoms with Gasteiger partial charge in [0.25, 0.3) is 0 Å². The molecule has 0 unspecified atom stereocenters. The summed E-state index contributed by atoms with van der Waals surface area (Å²) in [5, 5.41) is 11.7. The Hall–Kier alpha value is -2.33. The third kappa shape index (κ3) is 11.0. The van der Waals surface area contributed by atoms with Crippen molar-refractivity contribution < 1.29 is 14.3 Å². The number of hydrogen-bond acceptors (Lipinski definition) is 7. The molecule has 3 heterocycles. The second kappa shape index (κ2) is 14.9. The highest BCUT2D eigenvalue weighted by molar-refractivity contribution is 6.02. The molecule has 2 aliphatic heterocycles. The number of nitrogens with zero attached hydrogens (tertiary/aromatic N) is 5. The molecule has 1 aromatic heterocycles. The fourth-order valence-electron chi connectivity index (χ4n) is 5.00. The summed E-state index contributed by atoms with van der Waals surface area (Å²) in [5.74, 6) is 1.96. The first kappa shape index (κ1) is 31.2. The predicted molar refractivity (Wildman–Crippen MR) is 158 cm³/mol. The molecule has 0 aliphatic carbocycles. The Bertz CT molecular complexity index is 916. The maximum atomic E-state index is 12.0. The first-order valence-corrected chi connectivity index (χ1v) is 14.9. The molecular formula is C29H53N7O3. The number of morpholine rings is 1. The summed E-state index contributed by atoms with van der Waals surface area (Å²) in [6.07, 6.45) is 4.75. The molecule has 0 radical (unpaired) electrons. The van der Waals surface area contributed by atoms with E-state index in [0.29, 0.717) is 18.4 Å². The summed E-state index contributed by atoms with van der Waals surface area (Å²) in [5.41, 5.74) is 1.66. The van der Waals surface area contributed by atoms with Crippen molar-refractivity contribution >= 4 is 17.6 Å². The van der Waals surface area contributed by atoms with E-state index in [-0.39, 0.29) is 12.1 Å². The van der Waals surface area contributed by atoms with Crippen LogP contribution in [0.3, 0.4) is 0 Å². The number of hydrogen-bond donors (Lipinski definition) is 2. The van der Waals surface area contributed by atoms with Crippen LogP contribution in [0.25, 0.3) is 0 Å². The first-order chi connectivity index (χ1) is 18.5. The quantitative estimate of drug-likeness (QED) is 0.385. The van der Waals surface area contributed by atoms with Gasteiger partial charge < -0.3 is 25.0 Å². The smallest absolute Gasteiger partial charge is 0.407 e. The third-order valence-electron chi connectivity index (χ3n) is 6.66. The van der Waals surface area contributed by atoms with Gasteiger partial charge in [0.2, 0.25) is 0 Å². The minimum Gasteiger partial charge on any atom is -0.444 e. The number of alkyl carbamates (subject to hydrolysis) is 1. The lowest BCUT2D eigenvalue weighted by Crippen LogP contribution is -2.42. The first-order valence-electron chi connectivity index (χ1n) is 14.9. The molecule has 10 nitrogen and oxygen atoms in total. The van der Waals surface area contributed by atoms with Gasteiger partial charge >= 0.3 is 6.09 Å². The van der Waals surface area contributed by atoms with Gasteiger partial charge in [-0.15, -0.1) is 0 Å². The summed E-state index contributed by atoms with van der Waals surface area (Å²) in [4.78, 5) is 22.0. The molecule has 1 amide bonds. The molecular weight excluding hydrogens is 494 g/mol. The number of aliphatic imine (C=N–C) groups is 1.